The zero-order chi connectivity index (χ0) is 9.14. The first-order valence-electron chi connectivity index (χ1n) is 3.60. The van der Waals surface area contributed by atoms with Gasteiger partial charge in [0.25, 0.3) is 0 Å². The van der Waals surface area contributed by atoms with Gasteiger partial charge in [-0.25, -0.2) is 4.39 Å². The molecule has 0 aromatic heterocycles. The molecule has 0 aliphatic rings. The lowest BCUT2D eigenvalue weighted by atomic mass is 10.3. The summed E-state index contributed by atoms with van der Waals surface area (Å²) in [5, 5.41) is 8.88. The van der Waals surface area contributed by atoms with Crippen molar-refractivity contribution in [1.29, 1.82) is 0 Å². The van der Waals surface area contributed by atoms with Crippen molar-refractivity contribution in [2.45, 2.75) is 13.8 Å². The summed E-state index contributed by atoms with van der Waals surface area (Å²) in [6, 6.07) is 3.89. The van der Waals surface area contributed by atoms with Crippen LogP contribution in [0.2, 0.25) is 0 Å². The van der Waals surface area contributed by atoms with Crippen LogP contribution in [0.25, 0.3) is 0 Å². The Kier molecular flexibility index (Phi) is 2.43. The van der Waals surface area contributed by atoms with Crippen molar-refractivity contribution in [2.75, 3.05) is 0 Å². The molecule has 0 amide bonds. The number of nitrogens with zero attached hydrogens (tertiary/aromatic N) is 1. The molecule has 0 unspecified atom stereocenters. The van der Waals surface area contributed by atoms with Crippen LogP contribution in [0.1, 0.15) is 13.8 Å². The third-order valence-corrected chi connectivity index (χ3v) is 1.28. The molecule has 0 aliphatic carbocycles. The van der Waals surface area contributed by atoms with E-state index in [0.29, 0.717) is 0 Å². The van der Waals surface area contributed by atoms with Crippen molar-refractivity contribution in [3.63, 3.8) is 0 Å². The molecule has 1 aromatic carbocycles. The zero-order valence-corrected chi connectivity index (χ0v) is 7.00. The number of hydrogen-bond donors (Lipinski definition) is 1. The first kappa shape index (κ1) is 8.71. The molecule has 0 fully saturated rings. The van der Waals surface area contributed by atoms with Gasteiger partial charge in [0.1, 0.15) is 5.75 Å². The van der Waals surface area contributed by atoms with Crippen molar-refractivity contribution < 1.29 is 9.50 Å². The molecule has 12 heavy (non-hydrogen) atoms. The molecule has 2 nitrogen and oxygen atoms in total. The molecule has 0 spiro atoms. The molecule has 0 saturated carbocycles. The zero-order valence-electron chi connectivity index (χ0n) is 7.00. The van der Waals surface area contributed by atoms with E-state index in [1.54, 1.807) is 13.8 Å². The van der Waals surface area contributed by atoms with Crippen molar-refractivity contribution in [3.05, 3.63) is 24.0 Å². The highest BCUT2D eigenvalue weighted by atomic mass is 19.1. The van der Waals surface area contributed by atoms with Gasteiger partial charge in [-0.1, -0.05) is 0 Å². The second kappa shape index (κ2) is 3.34. The summed E-state index contributed by atoms with van der Waals surface area (Å²) in [5.74, 6) is -0.587. The number of phenols is 1. The van der Waals surface area contributed by atoms with Gasteiger partial charge in [-0.15, -0.1) is 0 Å². The van der Waals surface area contributed by atoms with Gasteiger partial charge in [0.2, 0.25) is 0 Å². The first-order valence-corrected chi connectivity index (χ1v) is 3.60. The molecule has 0 saturated heterocycles. The summed E-state index contributed by atoms with van der Waals surface area (Å²) in [7, 11) is 0. The molecule has 0 radical (unpaired) electrons. The Morgan fingerprint density at radius 1 is 1.42 bits per heavy atom. The summed E-state index contributed by atoms with van der Waals surface area (Å²) in [6.07, 6.45) is 0. The molecule has 0 atom stereocenters. The molecule has 0 heterocycles. The van der Waals surface area contributed by atoms with E-state index in [-0.39, 0.29) is 11.4 Å². The summed E-state index contributed by atoms with van der Waals surface area (Å²) in [4.78, 5) is 3.93. The van der Waals surface area contributed by atoms with Gasteiger partial charge in [-0.05, 0) is 26.0 Å². The van der Waals surface area contributed by atoms with Gasteiger partial charge in [0.05, 0.1) is 5.69 Å². The van der Waals surface area contributed by atoms with Crippen LogP contribution in [0.15, 0.2) is 23.2 Å². The number of aromatic hydroxyl groups is 1. The number of rotatable bonds is 1. The highest BCUT2D eigenvalue weighted by molar-refractivity contribution is 5.82. The standard InChI is InChI=1S/C9H10FNO/c1-6(2)11-9-4-3-7(12)5-8(9)10/h3-5,12H,1-2H3. The lowest BCUT2D eigenvalue weighted by Crippen LogP contribution is -1.81. The van der Waals surface area contributed by atoms with E-state index in [1.807, 2.05) is 0 Å². The van der Waals surface area contributed by atoms with Crippen LogP contribution in [-0.2, 0) is 0 Å². The predicted molar refractivity (Wildman–Crippen MR) is 46.5 cm³/mol. The van der Waals surface area contributed by atoms with Crippen LogP contribution < -0.4 is 0 Å². The van der Waals surface area contributed by atoms with Crippen molar-refractivity contribution >= 4 is 11.4 Å². The largest absolute Gasteiger partial charge is 0.508 e. The molecule has 1 rings (SSSR count). The van der Waals surface area contributed by atoms with Gasteiger partial charge in [0, 0.05) is 11.8 Å². The Labute approximate surface area is 70.4 Å². The smallest absolute Gasteiger partial charge is 0.152 e. The second-order valence-corrected chi connectivity index (χ2v) is 2.69. The molecule has 64 valence electrons. The Balaban J connectivity index is 3.10. The Morgan fingerprint density at radius 3 is 2.58 bits per heavy atom. The van der Waals surface area contributed by atoms with E-state index in [1.165, 1.54) is 12.1 Å². The Hall–Kier alpha value is -1.38. The van der Waals surface area contributed by atoms with Crippen LogP contribution >= 0.6 is 0 Å². The second-order valence-electron chi connectivity index (χ2n) is 2.69. The molecular formula is C9H10FNO. The number of aliphatic imine (C=N–C) groups is 1. The summed E-state index contributed by atoms with van der Waals surface area (Å²) in [6.45, 7) is 3.57. The van der Waals surface area contributed by atoms with E-state index >= 15 is 0 Å². The third kappa shape index (κ3) is 2.05. The quantitative estimate of drug-likeness (QED) is 0.641. The van der Waals surface area contributed by atoms with E-state index in [9.17, 15) is 4.39 Å². The summed E-state index contributed by atoms with van der Waals surface area (Å²) in [5.41, 5.74) is 1.03. The fourth-order valence-corrected chi connectivity index (χ4v) is 0.827. The highest BCUT2D eigenvalue weighted by Gasteiger charge is 2.00. The SMILES string of the molecule is CC(C)=Nc1ccc(O)cc1F. The molecule has 3 heteroatoms. The third-order valence-electron chi connectivity index (χ3n) is 1.28. The number of hydrogen-bond acceptors (Lipinski definition) is 2. The van der Waals surface area contributed by atoms with Gasteiger partial charge < -0.3 is 5.11 Å². The average Bonchev–Trinajstić information content (AvgIpc) is 1.94. The topological polar surface area (TPSA) is 32.6 Å². The molecule has 1 aromatic rings. The highest BCUT2D eigenvalue weighted by Crippen LogP contribution is 2.21. The first-order chi connectivity index (χ1) is 5.59. The van der Waals surface area contributed by atoms with Gasteiger partial charge in [0.15, 0.2) is 5.82 Å². The van der Waals surface area contributed by atoms with E-state index in [4.69, 9.17) is 5.11 Å². The minimum Gasteiger partial charge on any atom is -0.508 e. The number of benzene rings is 1. The maximum atomic E-state index is 12.9. The monoisotopic (exact) mass is 167 g/mol. The minimum absolute atomic E-state index is 0.0831. The van der Waals surface area contributed by atoms with E-state index in [0.717, 1.165) is 11.8 Å². The Morgan fingerprint density at radius 2 is 2.08 bits per heavy atom. The maximum absolute atomic E-state index is 12.9. The average molecular weight is 167 g/mol. The Bertz CT molecular complexity index is 316. The lowest BCUT2D eigenvalue weighted by molar-refractivity contribution is 0.469. The fourth-order valence-electron chi connectivity index (χ4n) is 0.827. The number of halogens is 1. The molecule has 1 N–H and O–H groups in total. The van der Waals surface area contributed by atoms with Crippen molar-refractivity contribution in [3.8, 4) is 5.75 Å². The summed E-state index contributed by atoms with van der Waals surface area (Å²) >= 11 is 0. The fraction of sp³-hybridized carbons (Fsp3) is 0.222. The molecule has 0 aliphatic heterocycles. The normalized spacial score (nSPS) is 9.58. The van der Waals surface area contributed by atoms with Crippen LogP contribution in [0.5, 0.6) is 5.75 Å². The van der Waals surface area contributed by atoms with E-state index < -0.39 is 5.82 Å². The maximum Gasteiger partial charge on any atom is 0.152 e. The van der Waals surface area contributed by atoms with Crippen molar-refractivity contribution in [2.24, 2.45) is 4.99 Å². The summed E-state index contributed by atoms with van der Waals surface area (Å²) < 4.78 is 12.9. The molecular weight excluding hydrogens is 157 g/mol. The number of phenolic OH excluding ortho intramolecular Hbond substituents is 1. The lowest BCUT2D eigenvalue weighted by Gasteiger charge is -1.97. The van der Waals surface area contributed by atoms with E-state index in [2.05, 4.69) is 4.99 Å². The molecule has 0 bridgehead atoms. The van der Waals surface area contributed by atoms with Crippen LogP contribution in [0.4, 0.5) is 10.1 Å². The minimum atomic E-state index is -0.504. The van der Waals surface area contributed by atoms with Gasteiger partial charge in [-0.2, -0.15) is 0 Å². The van der Waals surface area contributed by atoms with Gasteiger partial charge >= 0.3 is 0 Å². The predicted octanol–water partition coefficient (Wildman–Crippen LogP) is 2.64. The van der Waals surface area contributed by atoms with Crippen LogP contribution in [-0.4, -0.2) is 10.8 Å². The van der Waals surface area contributed by atoms with Crippen molar-refractivity contribution in [1.82, 2.24) is 0 Å². The van der Waals surface area contributed by atoms with Gasteiger partial charge in [-0.3, -0.25) is 4.99 Å². The van der Waals surface area contributed by atoms with Crippen LogP contribution in [0, 0.1) is 5.82 Å². The van der Waals surface area contributed by atoms with Crippen LogP contribution in [0.3, 0.4) is 0 Å².